The van der Waals surface area contributed by atoms with Crippen molar-refractivity contribution in [3.05, 3.63) is 33.5 Å². The molecule has 0 aliphatic carbocycles. The number of anilines is 1. The van der Waals surface area contributed by atoms with Crippen molar-refractivity contribution in [2.24, 2.45) is 0 Å². The maximum atomic E-state index is 12.1. The smallest absolute Gasteiger partial charge is 0.269 e. The SMILES string of the molecule is CCCc1nnsc1C(=O)Nc1ccncc1Br. The molecule has 0 fully saturated rings. The molecular weight excluding hydrogens is 316 g/mol. The highest BCUT2D eigenvalue weighted by Gasteiger charge is 2.16. The van der Waals surface area contributed by atoms with Gasteiger partial charge in [-0.25, -0.2) is 0 Å². The maximum Gasteiger partial charge on any atom is 0.269 e. The Hall–Kier alpha value is -1.34. The molecule has 0 radical (unpaired) electrons. The molecule has 7 heteroatoms. The average molecular weight is 327 g/mol. The van der Waals surface area contributed by atoms with Gasteiger partial charge in [-0.15, -0.1) is 5.10 Å². The Morgan fingerprint density at radius 3 is 3.11 bits per heavy atom. The minimum Gasteiger partial charge on any atom is -0.320 e. The third-order valence-electron chi connectivity index (χ3n) is 2.27. The second-order valence-corrected chi connectivity index (χ2v) is 5.22. The van der Waals surface area contributed by atoms with Crippen molar-refractivity contribution in [3.8, 4) is 0 Å². The molecule has 5 nitrogen and oxygen atoms in total. The van der Waals surface area contributed by atoms with Gasteiger partial charge >= 0.3 is 0 Å². The van der Waals surface area contributed by atoms with Gasteiger partial charge in [0.05, 0.1) is 15.9 Å². The van der Waals surface area contributed by atoms with Crippen molar-refractivity contribution >= 4 is 39.1 Å². The van der Waals surface area contributed by atoms with Crippen LogP contribution in [0.2, 0.25) is 0 Å². The molecule has 0 spiro atoms. The van der Waals surface area contributed by atoms with E-state index in [-0.39, 0.29) is 5.91 Å². The molecule has 0 aliphatic rings. The summed E-state index contributed by atoms with van der Waals surface area (Å²) in [4.78, 5) is 16.6. The zero-order valence-corrected chi connectivity index (χ0v) is 12.1. The van der Waals surface area contributed by atoms with Crippen molar-refractivity contribution in [1.29, 1.82) is 0 Å². The van der Waals surface area contributed by atoms with Crippen LogP contribution in [0.1, 0.15) is 28.7 Å². The van der Waals surface area contributed by atoms with Crippen LogP contribution in [0.4, 0.5) is 5.69 Å². The highest BCUT2D eigenvalue weighted by Crippen LogP contribution is 2.22. The molecule has 0 saturated carbocycles. The maximum absolute atomic E-state index is 12.1. The number of halogens is 1. The molecule has 0 aliphatic heterocycles. The summed E-state index contributed by atoms with van der Waals surface area (Å²) in [5, 5.41) is 6.79. The number of nitrogens with one attached hydrogen (secondary N) is 1. The van der Waals surface area contributed by atoms with E-state index >= 15 is 0 Å². The fraction of sp³-hybridized carbons (Fsp3) is 0.273. The van der Waals surface area contributed by atoms with Crippen LogP contribution in [0, 0.1) is 0 Å². The van der Waals surface area contributed by atoms with E-state index in [1.54, 1.807) is 18.5 Å². The van der Waals surface area contributed by atoms with E-state index in [2.05, 4.69) is 35.8 Å². The summed E-state index contributed by atoms with van der Waals surface area (Å²) in [5.74, 6) is -0.180. The summed E-state index contributed by atoms with van der Waals surface area (Å²) in [6.07, 6.45) is 4.95. The number of hydrogen-bond donors (Lipinski definition) is 1. The number of carbonyl (C=O) groups is 1. The summed E-state index contributed by atoms with van der Waals surface area (Å²) in [6, 6.07) is 1.73. The zero-order valence-electron chi connectivity index (χ0n) is 9.68. The van der Waals surface area contributed by atoms with Crippen LogP contribution in [0.15, 0.2) is 22.9 Å². The van der Waals surface area contributed by atoms with Crippen molar-refractivity contribution < 1.29 is 4.79 Å². The number of aryl methyl sites for hydroxylation is 1. The quantitative estimate of drug-likeness (QED) is 0.937. The number of carbonyl (C=O) groups excluding carboxylic acids is 1. The van der Waals surface area contributed by atoms with Gasteiger partial charge in [-0.1, -0.05) is 17.8 Å². The summed E-state index contributed by atoms with van der Waals surface area (Å²) in [6.45, 7) is 2.04. The standard InChI is InChI=1S/C11H11BrN4OS/c1-2-3-9-10(18-16-15-9)11(17)14-8-4-5-13-6-7(8)12/h4-6H,2-3H2,1H3,(H,13,14,17). The monoisotopic (exact) mass is 326 g/mol. The summed E-state index contributed by atoms with van der Waals surface area (Å²) in [7, 11) is 0. The van der Waals surface area contributed by atoms with Crippen LogP contribution in [0.3, 0.4) is 0 Å². The van der Waals surface area contributed by atoms with E-state index in [0.717, 1.165) is 34.5 Å². The molecular formula is C11H11BrN4OS. The Kier molecular flexibility index (Phi) is 4.38. The molecule has 0 atom stereocenters. The predicted octanol–water partition coefficient (Wildman–Crippen LogP) is 2.90. The Morgan fingerprint density at radius 2 is 2.39 bits per heavy atom. The number of rotatable bonds is 4. The molecule has 1 N–H and O–H groups in total. The number of amides is 1. The van der Waals surface area contributed by atoms with E-state index in [9.17, 15) is 4.79 Å². The summed E-state index contributed by atoms with van der Waals surface area (Å²) >= 11 is 4.45. The molecule has 0 aromatic carbocycles. The van der Waals surface area contributed by atoms with Gasteiger partial charge in [-0.05, 0) is 39.9 Å². The van der Waals surface area contributed by atoms with Gasteiger partial charge in [-0.3, -0.25) is 9.78 Å². The third kappa shape index (κ3) is 2.91. The normalized spacial score (nSPS) is 10.3. The zero-order chi connectivity index (χ0) is 13.0. The first-order valence-corrected chi connectivity index (χ1v) is 7.01. The highest BCUT2D eigenvalue weighted by molar-refractivity contribution is 9.10. The van der Waals surface area contributed by atoms with Crippen molar-refractivity contribution in [3.63, 3.8) is 0 Å². The van der Waals surface area contributed by atoms with Crippen molar-refractivity contribution in [1.82, 2.24) is 14.6 Å². The van der Waals surface area contributed by atoms with Crippen molar-refractivity contribution in [2.75, 3.05) is 5.32 Å². The number of nitrogens with zero attached hydrogens (tertiary/aromatic N) is 3. The molecule has 94 valence electrons. The van der Waals surface area contributed by atoms with E-state index < -0.39 is 0 Å². The first-order chi connectivity index (χ1) is 8.72. The molecule has 18 heavy (non-hydrogen) atoms. The second-order valence-electron chi connectivity index (χ2n) is 3.61. The van der Waals surface area contributed by atoms with Gasteiger partial charge in [-0.2, -0.15) is 0 Å². The molecule has 0 bridgehead atoms. The van der Waals surface area contributed by atoms with Crippen molar-refractivity contribution in [2.45, 2.75) is 19.8 Å². The van der Waals surface area contributed by atoms with Crippen LogP contribution < -0.4 is 5.32 Å². The van der Waals surface area contributed by atoms with Gasteiger partial charge in [0.1, 0.15) is 4.88 Å². The molecule has 2 aromatic heterocycles. The molecule has 2 heterocycles. The fourth-order valence-corrected chi connectivity index (χ4v) is 2.39. The lowest BCUT2D eigenvalue weighted by molar-refractivity contribution is 0.102. The average Bonchev–Trinajstić information content (AvgIpc) is 2.81. The van der Waals surface area contributed by atoms with E-state index in [4.69, 9.17) is 0 Å². The third-order valence-corrected chi connectivity index (χ3v) is 3.67. The summed E-state index contributed by atoms with van der Waals surface area (Å²) in [5.41, 5.74) is 1.44. The number of hydrogen-bond acceptors (Lipinski definition) is 5. The fourth-order valence-electron chi connectivity index (χ4n) is 1.44. The van der Waals surface area contributed by atoms with E-state index in [1.807, 2.05) is 6.92 Å². The Balaban J connectivity index is 2.17. The highest BCUT2D eigenvalue weighted by atomic mass is 79.9. The Labute approximate surface area is 117 Å². The van der Waals surface area contributed by atoms with Crippen LogP contribution in [-0.2, 0) is 6.42 Å². The Morgan fingerprint density at radius 1 is 1.56 bits per heavy atom. The van der Waals surface area contributed by atoms with Crippen LogP contribution >= 0.6 is 27.5 Å². The lowest BCUT2D eigenvalue weighted by Crippen LogP contribution is -2.13. The van der Waals surface area contributed by atoms with Gasteiger partial charge in [0.2, 0.25) is 0 Å². The molecule has 1 amide bonds. The van der Waals surface area contributed by atoms with Gasteiger partial charge < -0.3 is 5.32 Å². The van der Waals surface area contributed by atoms with E-state index in [0.29, 0.717) is 10.6 Å². The largest absolute Gasteiger partial charge is 0.320 e. The van der Waals surface area contributed by atoms with Crippen LogP contribution in [0.5, 0.6) is 0 Å². The first kappa shape index (κ1) is 13.1. The Bertz CT molecular complexity index is 557. The lowest BCUT2D eigenvalue weighted by Gasteiger charge is -2.05. The number of pyridine rings is 1. The molecule has 2 aromatic rings. The van der Waals surface area contributed by atoms with Gasteiger partial charge in [0.15, 0.2) is 0 Å². The number of aromatic nitrogens is 3. The predicted molar refractivity (Wildman–Crippen MR) is 73.8 cm³/mol. The minimum absolute atomic E-state index is 0.180. The molecule has 0 saturated heterocycles. The van der Waals surface area contributed by atoms with Gasteiger partial charge in [0, 0.05) is 12.4 Å². The van der Waals surface area contributed by atoms with E-state index in [1.165, 1.54) is 0 Å². The topological polar surface area (TPSA) is 67.8 Å². The lowest BCUT2D eigenvalue weighted by atomic mass is 10.2. The minimum atomic E-state index is -0.180. The summed E-state index contributed by atoms with van der Waals surface area (Å²) < 4.78 is 4.58. The first-order valence-electron chi connectivity index (χ1n) is 5.44. The van der Waals surface area contributed by atoms with Crippen LogP contribution in [-0.4, -0.2) is 20.5 Å². The molecule has 0 unspecified atom stereocenters. The van der Waals surface area contributed by atoms with Crippen LogP contribution in [0.25, 0.3) is 0 Å². The second kappa shape index (κ2) is 6.01. The molecule has 2 rings (SSSR count). The van der Waals surface area contributed by atoms with Gasteiger partial charge in [0.25, 0.3) is 5.91 Å².